The molecule has 0 aliphatic rings. The zero-order chi connectivity index (χ0) is 18.0. The first-order chi connectivity index (χ1) is 12.0. The maximum absolute atomic E-state index is 9.32. The Morgan fingerprint density at radius 2 is 1.92 bits per heavy atom. The van der Waals surface area contributed by atoms with Crippen LogP contribution in [0, 0.1) is 39.0 Å². The third-order valence-corrected chi connectivity index (χ3v) is 5.04. The summed E-state index contributed by atoms with van der Waals surface area (Å²) < 4.78 is 0. The van der Waals surface area contributed by atoms with Gasteiger partial charge in [-0.15, -0.1) is 11.3 Å². The first-order valence-corrected chi connectivity index (χ1v) is 8.79. The van der Waals surface area contributed by atoms with E-state index in [1.807, 2.05) is 18.4 Å². The van der Waals surface area contributed by atoms with Crippen LogP contribution >= 0.6 is 11.3 Å². The van der Waals surface area contributed by atoms with Crippen LogP contribution in [0.3, 0.4) is 0 Å². The molecule has 5 nitrogen and oxygen atoms in total. The molecule has 2 aromatic heterocycles. The Labute approximate surface area is 151 Å². The molecule has 3 aromatic rings. The Bertz CT molecular complexity index is 988. The van der Waals surface area contributed by atoms with E-state index in [0.717, 1.165) is 17.0 Å². The number of allylic oxidation sites excluding steroid dienone is 1. The van der Waals surface area contributed by atoms with E-state index >= 15 is 0 Å². The molecular formula is C19H19N5S. The van der Waals surface area contributed by atoms with Gasteiger partial charge >= 0.3 is 0 Å². The van der Waals surface area contributed by atoms with Crippen molar-refractivity contribution in [2.45, 2.75) is 27.7 Å². The molecule has 0 fully saturated rings. The number of aromatic nitrogens is 3. The number of nitriles is 1. The van der Waals surface area contributed by atoms with Gasteiger partial charge in [-0.1, -0.05) is 6.07 Å². The van der Waals surface area contributed by atoms with E-state index in [9.17, 15) is 5.26 Å². The molecule has 0 spiro atoms. The molecule has 2 heterocycles. The smallest absolute Gasteiger partial charge is 0.152 e. The van der Waals surface area contributed by atoms with Gasteiger partial charge in [0, 0.05) is 28.9 Å². The van der Waals surface area contributed by atoms with Crippen molar-refractivity contribution in [1.82, 2.24) is 15.2 Å². The topological polar surface area (TPSA) is 77.4 Å². The van der Waals surface area contributed by atoms with Crippen molar-refractivity contribution in [2.24, 2.45) is 0 Å². The zero-order valence-corrected chi connectivity index (χ0v) is 15.5. The maximum Gasteiger partial charge on any atom is 0.152 e. The van der Waals surface area contributed by atoms with Gasteiger partial charge in [0.1, 0.15) is 16.6 Å². The second kappa shape index (κ2) is 6.91. The molecule has 6 heteroatoms. The van der Waals surface area contributed by atoms with Crippen LogP contribution in [-0.2, 0) is 0 Å². The largest absolute Gasteiger partial charge is 0.344 e. The van der Waals surface area contributed by atoms with Crippen LogP contribution in [0.2, 0.25) is 0 Å². The number of aryl methyl sites for hydroxylation is 4. The zero-order valence-electron chi connectivity index (χ0n) is 14.6. The van der Waals surface area contributed by atoms with Crippen LogP contribution < -0.4 is 5.32 Å². The molecule has 0 aliphatic carbocycles. The monoisotopic (exact) mass is 349 g/mol. The minimum Gasteiger partial charge on any atom is -0.344 e. The van der Waals surface area contributed by atoms with Crippen LogP contribution in [0.15, 0.2) is 29.8 Å². The fourth-order valence-electron chi connectivity index (χ4n) is 2.55. The van der Waals surface area contributed by atoms with Crippen molar-refractivity contribution in [2.75, 3.05) is 5.32 Å². The van der Waals surface area contributed by atoms with Gasteiger partial charge in [0.25, 0.3) is 0 Å². The number of benzene rings is 1. The van der Waals surface area contributed by atoms with Gasteiger partial charge in [0.15, 0.2) is 5.82 Å². The SMILES string of the molecule is Cc1csc(/C(C#N)=C/Nc2cc(-c3cc(C)c(C)cc3C)[nH]n2)n1. The Morgan fingerprint density at radius 1 is 1.16 bits per heavy atom. The summed E-state index contributed by atoms with van der Waals surface area (Å²) in [6, 6.07) is 8.45. The van der Waals surface area contributed by atoms with E-state index in [-0.39, 0.29) is 0 Å². The maximum atomic E-state index is 9.32. The number of rotatable bonds is 4. The van der Waals surface area contributed by atoms with Gasteiger partial charge < -0.3 is 5.32 Å². The molecule has 3 rings (SSSR count). The molecule has 0 unspecified atom stereocenters. The fourth-order valence-corrected chi connectivity index (χ4v) is 3.31. The Balaban J connectivity index is 1.84. The number of thiazole rings is 1. The lowest BCUT2D eigenvalue weighted by Gasteiger charge is -2.07. The molecule has 0 atom stereocenters. The average molecular weight is 349 g/mol. The lowest BCUT2D eigenvalue weighted by molar-refractivity contribution is 1.09. The summed E-state index contributed by atoms with van der Waals surface area (Å²) in [6.07, 6.45) is 1.64. The Hall–Kier alpha value is -2.91. The summed E-state index contributed by atoms with van der Waals surface area (Å²) in [5, 5.41) is 22.4. The van der Waals surface area contributed by atoms with E-state index in [2.05, 4.69) is 59.5 Å². The Kier molecular flexibility index (Phi) is 4.68. The van der Waals surface area contributed by atoms with E-state index in [1.165, 1.54) is 28.0 Å². The van der Waals surface area contributed by atoms with Crippen molar-refractivity contribution in [3.63, 3.8) is 0 Å². The highest BCUT2D eigenvalue weighted by atomic mass is 32.1. The number of anilines is 1. The van der Waals surface area contributed by atoms with Crippen molar-refractivity contribution in [3.8, 4) is 17.3 Å². The van der Waals surface area contributed by atoms with Crippen molar-refractivity contribution in [1.29, 1.82) is 5.26 Å². The predicted octanol–water partition coefficient (Wildman–Crippen LogP) is 4.74. The number of aromatic amines is 1. The molecule has 0 amide bonds. The number of nitrogens with one attached hydrogen (secondary N) is 2. The summed E-state index contributed by atoms with van der Waals surface area (Å²) >= 11 is 1.45. The van der Waals surface area contributed by atoms with E-state index in [4.69, 9.17) is 0 Å². The standard InChI is InChI=1S/C19H19N5S/c1-11-5-13(3)16(6-12(11)2)17-7-18(24-23-17)21-9-15(8-20)19-22-14(4)10-25-19/h5-7,9-10H,1-4H3,(H2,21,23,24)/b15-9+. The highest BCUT2D eigenvalue weighted by Gasteiger charge is 2.09. The van der Waals surface area contributed by atoms with Crippen LogP contribution in [0.5, 0.6) is 0 Å². The predicted molar refractivity (Wildman–Crippen MR) is 102 cm³/mol. The molecule has 2 N–H and O–H groups in total. The Morgan fingerprint density at radius 3 is 2.60 bits per heavy atom. The summed E-state index contributed by atoms with van der Waals surface area (Å²) in [7, 11) is 0. The number of nitrogens with zero attached hydrogens (tertiary/aromatic N) is 3. The van der Waals surface area contributed by atoms with Crippen LogP contribution in [0.1, 0.15) is 27.4 Å². The second-order valence-corrected chi connectivity index (χ2v) is 6.88. The fraction of sp³-hybridized carbons (Fsp3) is 0.211. The summed E-state index contributed by atoms with van der Waals surface area (Å²) in [5.74, 6) is 0.661. The molecular weight excluding hydrogens is 330 g/mol. The number of hydrogen-bond acceptors (Lipinski definition) is 5. The second-order valence-electron chi connectivity index (χ2n) is 6.03. The van der Waals surface area contributed by atoms with Gasteiger partial charge in [0.05, 0.1) is 5.69 Å². The average Bonchev–Trinajstić information content (AvgIpc) is 3.21. The molecule has 0 saturated carbocycles. The van der Waals surface area contributed by atoms with Gasteiger partial charge in [0.2, 0.25) is 0 Å². The molecule has 25 heavy (non-hydrogen) atoms. The van der Waals surface area contributed by atoms with Gasteiger partial charge in [-0.05, 0) is 50.5 Å². The first kappa shape index (κ1) is 16.9. The van der Waals surface area contributed by atoms with Gasteiger partial charge in [-0.25, -0.2) is 4.98 Å². The normalized spacial score (nSPS) is 11.4. The summed E-state index contributed by atoms with van der Waals surface area (Å²) in [4.78, 5) is 4.34. The highest BCUT2D eigenvalue weighted by molar-refractivity contribution is 7.10. The van der Waals surface area contributed by atoms with Crippen molar-refractivity contribution in [3.05, 3.63) is 57.2 Å². The molecule has 126 valence electrons. The van der Waals surface area contributed by atoms with Crippen molar-refractivity contribution < 1.29 is 0 Å². The van der Waals surface area contributed by atoms with Crippen LogP contribution in [-0.4, -0.2) is 15.2 Å². The van der Waals surface area contributed by atoms with Crippen LogP contribution in [0.25, 0.3) is 16.8 Å². The molecule has 0 radical (unpaired) electrons. The lowest BCUT2D eigenvalue weighted by atomic mass is 9.99. The highest BCUT2D eigenvalue weighted by Crippen LogP contribution is 2.26. The quantitative estimate of drug-likeness (QED) is 0.667. The van der Waals surface area contributed by atoms with E-state index < -0.39 is 0 Å². The van der Waals surface area contributed by atoms with E-state index in [1.54, 1.807) is 6.20 Å². The third-order valence-electron chi connectivity index (χ3n) is 4.04. The molecule has 0 saturated heterocycles. The minimum absolute atomic E-state index is 0.491. The lowest BCUT2D eigenvalue weighted by Crippen LogP contribution is -1.91. The summed E-state index contributed by atoms with van der Waals surface area (Å²) in [6.45, 7) is 8.22. The van der Waals surface area contributed by atoms with Crippen LogP contribution in [0.4, 0.5) is 5.82 Å². The number of H-pyrrole nitrogens is 1. The first-order valence-electron chi connectivity index (χ1n) is 7.91. The van der Waals surface area contributed by atoms with E-state index in [0.29, 0.717) is 16.4 Å². The molecule has 1 aromatic carbocycles. The van der Waals surface area contributed by atoms with Crippen molar-refractivity contribution >= 4 is 22.7 Å². The summed E-state index contributed by atoms with van der Waals surface area (Å²) in [5.41, 5.74) is 7.20. The minimum atomic E-state index is 0.491. The molecule has 0 bridgehead atoms. The van der Waals surface area contributed by atoms with Gasteiger partial charge in [-0.2, -0.15) is 10.4 Å². The molecule has 0 aliphatic heterocycles. The van der Waals surface area contributed by atoms with Gasteiger partial charge in [-0.3, -0.25) is 5.10 Å². The third kappa shape index (κ3) is 3.62. The number of hydrogen-bond donors (Lipinski definition) is 2.